The molecule has 22 heavy (non-hydrogen) atoms. The topological polar surface area (TPSA) is 72.7 Å². The Balaban J connectivity index is 2.16. The van der Waals surface area contributed by atoms with Gasteiger partial charge in [-0.15, -0.1) is 0 Å². The van der Waals surface area contributed by atoms with Crippen LogP contribution in [0.25, 0.3) is 0 Å². The third-order valence-corrected chi connectivity index (χ3v) is 4.28. The number of esters is 1. The van der Waals surface area contributed by atoms with Crippen LogP contribution in [-0.4, -0.2) is 30.6 Å². The van der Waals surface area contributed by atoms with Crippen molar-refractivity contribution in [2.45, 2.75) is 19.8 Å². The minimum absolute atomic E-state index is 0.181. The first-order chi connectivity index (χ1) is 10.4. The molecule has 1 saturated heterocycles. The van der Waals surface area contributed by atoms with Crippen molar-refractivity contribution in [3.05, 3.63) is 32.5 Å². The molecule has 1 aliphatic heterocycles. The van der Waals surface area contributed by atoms with Crippen LogP contribution in [0.3, 0.4) is 0 Å². The highest BCUT2D eigenvalue weighted by Crippen LogP contribution is 2.35. The number of benzene rings is 1. The van der Waals surface area contributed by atoms with E-state index in [-0.39, 0.29) is 22.0 Å². The Morgan fingerprint density at radius 3 is 2.68 bits per heavy atom. The molecule has 0 aliphatic carbocycles. The van der Waals surface area contributed by atoms with E-state index in [1.165, 1.54) is 6.07 Å². The van der Waals surface area contributed by atoms with E-state index >= 15 is 0 Å². The smallest absolute Gasteiger partial charge is 0.309 e. The van der Waals surface area contributed by atoms with Crippen molar-refractivity contribution < 1.29 is 18.8 Å². The summed E-state index contributed by atoms with van der Waals surface area (Å²) in [5, 5.41) is 11.1. The Bertz CT molecular complexity index is 588. The van der Waals surface area contributed by atoms with E-state index < -0.39 is 10.7 Å². The lowest BCUT2D eigenvalue weighted by Gasteiger charge is -2.32. The Morgan fingerprint density at radius 1 is 1.50 bits per heavy atom. The fraction of sp³-hybridized carbons (Fsp3) is 0.500. The van der Waals surface area contributed by atoms with E-state index in [2.05, 4.69) is 15.9 Å². The van der Waals surface area contributed by atoms with Gasteiger partial charge in [-0.25, -0.2) is 4.39 Å². The van der Waals surface area contributed by atoms with Gasteiger partial charge in [-0.1, -0.05) is 0 Å². The molecule has 120 valence electrons. The van der Waals surface area contributed by atoms with Crippen molar-refractivity contribution in [1.29, 1.82) is 0 Å². The fourth-order valence-corrected chi connectivity index (χ4v) is 2.87. The van der Waals surface area contributed by atoms with Gasteiger partial charge in [-0.3, -0.25) is 14.9 Å². The van der Waals surface area contributed by atoms with Gasteiger partial charge < -0.3 is 9.64 Å². The molecule has 0 saturated carbocycles. The van der Waals surface area contributed by atoms with E-state index in [1.54, 1.807) is 11.8 Å². The fourth-order valence-electron chi connectivity index (χ4n) is 2.54. The van der Waals surface area contributed by atoms with Gasteiger partial charge in [0, 0.05) is 13.1 Å². The number of carbonyl (C=O) groups is 1. The molecule has 1 aliphatic rings. The maximum absolute atomic E-state index is 13.5. The highest BCUT2D eigenvalue weighted by atomic mass is 79.9. The second-order valence-electron chi connectivity index (χ2n) is 5.03. The van der Waals surface area contributed by atoms with Crippen molar-refractivity contribution in [1.82, 2.24) is 0 Å². The molecule has 2 rings (SSSR count). The molecule has 1 aromatic rings. The van der Waals surface area contributed by atoms with Crippen LogP contribution in [0, 0.1) is 21.8 Å². The first-order valence-electron chi connectivity index (χ1n) is 6.99. The van der Waals surface area contributed by atoms with Gasteiger partial charge in [0.2, 0.25) is 0 Å². The lowest BCUT2D eigenvalue weighted by Crippen LogP contribution is -2.37. The summed E-state index contributed by atoms with van der Waals surface area (Å²) in [6.07, 6.45) is 1.12. The van der Waals surface area contributed by atoms with Crippen molar-refractivity contribution in [2.75, 3.05) is 24.6 Å². The van der Waals surface area contributed by atoms with Crippen LogP contribution in [0.2, 0.25) is 0 Å². The van der Waals surface area contributed by atoms with Gasteiger partial charge in [0.1, 0.15) is 11.5 Å². The summed E-state index contributed by atoms with van der Waals surface area (Å²) in [6, 6.07) is 2.33. The normalized spacial score (nSPS) is 15.7. The maximum atomic E-state index is 13.5. The molecule has 0 radical (unpaired) electrons. The zero-order valence-electron chi connectivity index (χ0n) is 12.1. The molecule has 0 atom stereocenters. The highest BCUT2D eigenvalue weighted by molar-refractivity contribution is 9.10. The first-order valence-corrected chi connectivity index (χ1v) is 7.78. The Labute approximate surface area is 135 Å². The predicted molar refractivity (Wildman–Crippen MR) is 82.3 cm³/mol. The molecule has 1 fully saturated rings. The van der Waals surface area contributed by atoms with Crippen LogP contribution in [0.15, 0.2) is 16.6 Å². The molecule has 0 aromatic heterocycles. The second-order valence-corrected chi connectivity index (χ2v) is 5.88. The second kappa shape index (κ2) is 7.04. The van der Waals surface area contributed by atoms with Gasteiger partial charge in [0.25, 0.3) is 5.69 Å². The van der Waals surface area contributed by atoms with E-state index in [4.69, 9.17) is 4.74 Å². The van der Waals surface area contributed by atoms with Gasteiger partial charge in [0.05, 0.1) is 28.0 Å². The van der Waals surface area contributed by atoms with Crippen LogP contribution < -0.4 is 4.90 Å². The van der Waals surface area contributed by atoms with Crippen LogP contribution >= 0.6 is 15.9 Å². The average molecular weight is 375 g/mol. The average Bonchev–Trinajstić information content (AvgIpc) is 2.50. The van der Waals surface area contributed by atoms with Crippen molar-refractivity contribution in [3.63, 3.8) is 0 Å². The number of nitro groups is 1. The molecule has 0 amide bonds. The molecular formula is C14H16BrFN2O4. The molecular weight excluding hydrogens is 359 g/mol. The number of piperidine rings is 1. The largest absolute Gasteiger partial charge is 0.466 e. The number of hydrogen-bond donors (Lipinski definition) is 0. The van der Waals surface area contributed by atoms with Gasteiger partial charge >= 0.3 is 5.97 Å². The number of carbonyl (C=O) groups excluding carboxylic acids is 1. The van der Waals surface area contributed by atoms with Crippen LogP contribution in [0.5, 0.6) is 0 Å². The highest BCUT2D eigenvalue weighted by Gasteiger charge is 2.29. The summed E-state index contributed by atoms with van der Waals surface area (Å²) >= 11 is 3.05. The maximum Gasteiger partial charge on any atom is 0.309 e. The monoisotopic (exact) mass is 374 g/mol. The Kier molecular flexibility index (Phi) is 5.33. The summed E-state index contributed by atoms with van der Waals surface area (Å²) in [6.45, 7) is 3.08. The van der Waals surface area contributed by atoms with Crippen molar-refractivity contribution in [3.8, 4) is 0 Å². The van der Waals surface area contributed by atoms with Crippen molar-refractivity contribution in [2.24, 2.45) is 5.92 Å². The molecule has 1 aromatic carbocycles. The Morgan fingerprint density at radius 2 is 2.14 bits per heavy atom. The molecule has 1 heterocycles. The van der Waals surface area contributed by atoms with Crippen molar-refractivity contribution >= 4 is 33.3 Å². The molecule has 6 nitrogen and oxygen atoms in total. The quantitative estimate of drug-likeness (QED) is 0.459. The molecule has 0 spiro atoms. The van der Waals surface area contributed by atoms with Gasteiger partial charge in [0.15, 0.2) is 0 Å². The minimum Gasteiger partial charge on any atom is -0.466 e. The Hall–Kier alpha value is -1.70. The molecule has 0 bridgehead atoms. The van der Waals surface area contributed by atoms with E-state index in [1.807, 2.05) is 0 Å². The molecule has 0 unspecified atom stereocenters. The lowest BCUT2D eigenvalue weighted by atomic mass is 9.96. The summed E-state index contributed by atoms with van der Waals surface area (Å²) in [5.41, 5.74) is 0.0934. The van der Waals surface area contributed by atoms with Crippen LogP contribution in [0.1, 0.15) is 19.8 Å². The zero-order chi connectivity index (χ0) is 16.3. The molecule has 0 N–H and O–H groups in total. The van der Waals surface area contributed by atoms with Gasteiger partial charge in [-0.2, -0.15) is 0 Å². The zero-order valence-corrected chi connectivity index (χ0v) is 13.6. The number of nitrogens with zero attached hydrogens (tertiary/aromatic N) is 2. The number of ether oxygens (including phenoxy) is 1. The first kappa shape index (κ1) is 16.7. The van der Waals surface area contributed by atoms with Gasteiger partial charge in [-0.05, 0) is 41.8 Å². The van der Waals surface area contributed by atoms with Crippen LogP contribution in [0.4, 0.5) is 15.8 Å². The standard InChI is InChI=1S/C14H16BrFN2O4/c1-2-22-14(19)9-3-5-17(6-4-9)12-7-10(15)11(16)8-13(12)18(20)21/h7-9H,2-6H2,1H3. The number of hydrogen-bond acceptors (Lipinski definition) is 5. The predicted octanol–water partition coefficient (Wildman–Crippen LogP) is 3.28. The minimum atomic E-state index is -0.670. The SMILES string of the molecule is CCOC(=O)C1CCN(c2cc(Br)c(F)cc2[N+](=O)[O-])CC1. The number of anilines is 1. The number of rotatable bonds is 4. The third kappa shape index (κ3) is 3.55. The molecule has 8 heteroatoms. The van der Waals surface area contributed by atoms with E-state index in [9.17, 15) is 19.3 Å². The van der Waals surface area contributed by atoms with E-state index in [0.29, 0.717) is 38.2 Å². The number of halogens is 2. The summed E-state index contributed by atoms with van der Waals surface area (Å²) in [5.74, 6) is -1.08. The summed E-state index contributed by atoms with van der Waals surface area (Å²) in [7, 11) is 0. The summed E-state index contributed by atoms with van der Waals surface area (Å²) in [4.78, 5) is 24.0. The van der Waals surface area contributed by atoms with Crippen LogP contribution in [-0.2, 0) is 9.53 Å². The van der Waals surface area contributed by atoms with E-state index in [0.717, 1.165) is 6.07 Å². The third-order valence-electron chi connectivity index (χ3n) is 3.67. The summed E-state index contributed by atoms with van der Waals surface area (Å²) < 4.78 is 18.7. The number of nitro benzene ring substituents is 1. The lowest BCUT2D eigenvalue weighted by molar-refractivity contribution is -0.384.